The van der Waals surface area contributed by atoms with E-state index in [1.165, 1.54) is 0 Å². The zero-order valence-electron chi connectivity index (χ0n) is 19.5. The number of nitrogens with zero attached hydrogens (tertiary/aromatic N) is 3. The molecule has 0 saturated carbocycles. The second kappa shape index (κ2) is 10.8. The molecule has 1 fully saturated rings. The number of para-hydroxylation sites is 1. The Bertz CT molecular complexity index is 1330. The maximum absolute atomic E-state index is 13.0. The van der Waals surface area contributed by atoms with Gasteiger partial charge in [-0.2, -0.15) is 5.26 Å². The van der Waals surface area contributed by atoms with Crippen LogP contribution in [0.5, 0.6) is 17.2 Å². The lowest BCUT2D eigenvalue weighted by Gasteiger charge is -2.36. The third-order valence-electron chi connectivity index (χ3n) is 6.14. The van der Waals surface area contributed by atoms with Crippen LogP contribution in [0, 0.1) is 11.3 Å². The molecule has 3 aromatic rings. The Balaban J connectivity index is 1.21. The van der Waals surface area contributed by atoms with Crippen molar-refractivity contribution in [3.8, 4) is 23.3 Å². The summed E-state index contributed by atoms with van der Waals surface area (Å²) in [6.07, 6.45) is 1.62. The summed E-state index contributed by atoms with van der Waals surface area (Å²) in [5.41, 5.74) is 2.96. The first kappa shape index (κ1) is 23.8. The lowest BCUT2D eigenvalue weighted by atomic mass is 10.1. The standard InChI is InChI=1S/C28H24BrN3O4/c29-24-15-20(6-8-25(24)34-18-21-7-9-26-27(16-21)36-19-35-26)14-22(17-30)28(33)32-12-10-31(11-13-32)23-4-2-1-3-5-23/h1-9,14-16H,10-13,18-19H2/b22-14-. The molecule has 0 aliphatic carbocycles. The van der Waals surface area contributed by atoms with E-state index in [0.717, 1.165) is 40.1 Å². The van der Waals surface area contributed by atoms with Crippen molar-refractivity contribution in [1.29, 1.82) is 5.26 Å². The first-order valence-electron chi connectivity index (χ1n) is 11.6. The summed E-state index contributed by atoms with van der Waals surface area (Å²) in [4.78, 5) is 17.0. The molecule has 1 saturated heterocycles. The van der Waals surface area contributed by atoms with Crippen LogP contribution in [0.4, 0.5) is 5.69 Å². The van der Waals surface area contributed by atoms with Crippen LogP contribution >= 0.6 is 15.9 Å². The summed E-state index contributed by atoms with van der Waals surface area (Å²) in [7, 11) is 0. The highest BCUT2D eigenvalue weighted by atomic mass is 79.9. The summed E-state index contributed by atoms with van der Waals surface area (Å²) in [6, 6.07) is 23.4. The van der Waals surface area contributed by atoms with E-state index in [1.807, 2.05) is 54.6 Å². The second-order valence-corrected chi connectivity index (χ2v) is 9.31. The number of hydrogen-bond donors (Lipinski definition) is 0. The number of rotatable bonds is 6. The van der Waals surface area contributed by atoms with E-state index >= 15 is 0 Å². The van der Waals surface area contributed by atoms with E-state index in [2.05, 4.69) is 39.0 Å². The molecule has 3 aromatic carbocycles. The van der Waals surface area contributed by atoms with Gasteiger partial charge in [-0.05, 0) is 69.5 Å². The quantitative estimate of drug-likeness (QED) is 0.320. The number of ether oxygens (including phenoxy) is 3. The second-order valence-electron chi connectivity index (χ2n) is 8.45. The monoisotopic (exact) mass is 545 g/mol. The summed E-state index contributed by atoms with van der Waals surface area (Å²) >= 11 is 3.54. The average molecular weight is 546 g/mol. The van der Waals surface area contributed by atoms with Gasteiger partial charge in [-0.1, -0.05) is 30.3 Å². The molecule has 0 unspecified atom stereocenters. The Morgan fingerprint density at radius 1 is 1.00 bits per heavy atom. The molecular formula is C28H24BrN3O4. The lowest BCUT2D eigenvalue weighted by Crippen LogP contribution is -2.49. The van der Waals surface area contributed by atoms with Crippen LogP contribution in [0.1, 0.15) is 11.1 Å². The van der Waals surface area contributed by atoms with Crippen LogP contribution < -0.4 is 19.1 Å². The first-order valence-corrected chi connectivity index (χ1v) is 12.4. The molecule has 0 bridgehead atoms. The van der Waals surface area contributed by atoms with E-state index in [4.69, 9.17) is 14.2 Å². The average Bonchev–Trinajstić information content (AvgIpc) is 3.39. The van der Waals surface area contributed by atoms with Crippen molar-refractivity contribution in [3.63, 3.8) is 0 Å². The molecule has 0 aromatic heterocycles. The molecule has 2 aliphatic rings. The van der Waals surface area contributed by atoms with Crippen LogP contribution in [0.3, 0.4) is 0 Å². The predicted molar refractivity (Wildman–Crippen MR) is 140 cm³/mol. The van der Waals surface area contributed by atoms with Gasteiger partial charge in [0.25, 0.3) is 5.91 Å². The Morgan fingerprint density at radius 3 is 2.53 bits per heavy atom. The number of carbonyl (C=O) groups is 1. The minimum atomic E-state index is -0.246. The molecule has 36 heavy (non-hydrogen) atoms. The number of fused-ring (bicyclic) bond motifs is 1. The van der Waals surface area contributed by atoms with Gasteiger partial charge in [-0.25, -0.2) is 0 Å². The van der Waals surface area contributed by atoms with Crippen molar-refractivity contribution >= 4 is 33.6 Å². The van der Waals surface area contributed by atoms with Crippen LogP contribution in [0.25, 0.3) is 6.08 Å². The normalized spacial score (nSPS) is 14.9. The van der Waals surface area contributed by atoms with Gasteiger partial charge < -0.3 is 24.0 Å². The fourth-order valence-electron chi connectivity index (χ4n) is 4.20. The van der Waals surface area contributed by atoms with E-state index < -0.39 is 0 Å². The third kappa shape index (κ3) is 5.31. The van der Waals surface area contributed by atoms with Crippen molar-refractivity contribution in [1.82, 2.24) is 4.90 Å². The van der Waals surface area contributed by atoms with Crippen LogP contribution in [-0.2, 0) is 11.4 Å². The molecule has 0 atom stereocenters. The smallest absolute Gasteiger partial charge is 0.264 e. The summed E-state index contributed by atoms with van der Waals surface area (Å²) in [5.74, 6) is 1.86. The summed E-state index contributed by atoms with van der Waals surface area (Å²) < 4.78 is 17.4. The predicted octanol–water partition coefficient (Wildman–Crippen LogP) is 5.01. The van der Waals surface area contributed by atoms with Gasteiger partial charge in [0.1, 0.15) is 24.0 Å². The number of carbonyl (C=O) groups excluding carboxylic acids is 1. The fourth-order valence-corrected chi connectivity index (χ4v) is 4.71. The van der Waals surface area contributed by atoms with Crippen LogP contribution in [0.15, 0.2) is 76.8 Å². The molecule has 2 aliphatic heterocycles. The van der Waals surface area contributed by atoms with Gasteiger partial charge in [0, 0.05) is 31.9 Å². The molecule has 0 N–H and O–H groups in total. The van der Waals surface area contributed by atoms with Crippen molar-refractivity contribution in [2.24, 2.45) is 0 Å². The van der Waals surface area contributed by atoms with E-state index in [1.54, 1.807) is 11.0 Å². The number of nitriles is 1. The van der Waals surface area contributed by atoms with E-state index in [0.29, 0.717) is 31.2 Å². The Kier molecular flexibility index (Phi) is 7.10. The maximum atomic E-state index is 13.0. The SMILES string of the molecule is N#C/C(=C/c1ccc(OCc2ccc3c(c2)OCO3)c(Br)c1)C(=O)N1CCN(c2ccccc2)CC1. The fraction of sp³-hybridized carbons (Fsp3) is 0.214. The van der Waals surface area contributed by atoms with Crippen molar-refractivity contribution in [2.75, 3.05) is 37.9 Å². The molecule has 5 rings (SSSR count). The molecule has 8 heteroatoms. The van der Waals surface area contributed by atoms with Crippen molar-refractivity contribution < 1.29 is 19.0 Å². The highest BCUT2D eigenvalue weighted by Gasteiger charge is 2.24. The molecular weight excluding hydrogens is 522 g/mol. The Morgan fingerprint density at radius 2 is 1.78 bits per heavy atom. The van der Waals surface area contributed by atoms with Gasteiger partial charge in [-0.3, -0.25) is 4.79 Å². The molecule has 0 spiro atoms. The largest absolute Gasteiger partial charge is 0.488 e. The van der Waals surface area contributed by atoms with Crippen molar-refractivity contribution in [2.45, 2.75) is 6.61 Å². The number of halogens is 1. The van der Waals surface area contributed by atoms with Gasteiger partial charge in [0.05, 0.1) is 4.47 Å². The van der Waals surface area contributed by atoms with Gasteiger partial charge >= 0.3 is 0 Å². The zero-order valence-corrected chi connectivity index (χ0v) is 21.1. The molecule has 182 valence electrons. The van der Waals surface area contributed by atoms with Gasteiger partial charge in [0.2, 0.25) is 6.79 Å². The van der Waals surface area contributed by atoms with E-state index in [9.17, 15) is 10.1 Å². The minimum Gasteiger partial charge on any atom is -0.488 e. The van der Waals surface area contributed by atoms with Gasteiger partial charge in [0.15, 0.2) is 11.5 Å². The number of hydrogen-bond acceptors (Lipinski definition) is 6. The lowest BCUT2D eigenvalue weighted by molar-refractivity contribution is -0.126. The first-order chi connectivity index (χ1) is 17.6. The molecule has 0 radical (unpaired) electrons. The topological polar surface area (TPSA) is 75.0 Å². The van der Waals surface area contributed by atoms with E-state index in [-0.39, 0.29) is 18.3 Å². The molecule has 2 heterocycles. The van der Waals surface area contributed by atoms with Gasteiger partial charge in [-0.15, -0.1) is 0 Å². The Labute approximate surface area is 218 Å². The Hall–Kier alpha value is -3.96. The third-order valence-corrected chi connectivity index (χ3v) is 6.76. The molecule has 1 amide bonds. The number of piperazine rings is 1. The highest BCUT2D eigenvalue weighted by Crippen LogP contribution is 2.33. The number of benzene rings is 3. The number of anilines is 1. The molecule has 7 nitrogen and oxygen atoms in total. The van der Waals surface area contributed by atoms with Crippen LogP contribution in [0.2, 0.25) is 0 Å². The minimum absolute atomic E-state index is 0.115. The zero-order chi connectivity index (χ0) is 24.9. The maximum Gasteiger partial charge on any atom is 0.264 e. The highest BCUT2D eigenvalue weighted by molar-refractivity contribution is 9.10. The van der Waals surface area contributed by atoms with Crippen molar-refractivity contribution in [3.05, 3.63) is 87.9 Å². The summed E-state index contributed by atoms with van der Waals surface area (Å²) in [6.45, 7) is 3.20. The number of amides is 1. The summed E-state index contributed by atoms with van der Waals surface area (Å²) in [5, 5.41) is 9.69. The van der Waals surface area contributed by atoms with Crippen LogP contribution in [-0.4, -0.2) is 43.8 Å².